The SMILES string of the molecule is CCCNC(C1COCCO1)C1CCCc2cccnc21. The minimum absolute atomic E-state index is 0.142. The zero-order chi connectivity index (χ0) is 14.5. The minimum atomic E-state index is 0.142. The van der Waals surface area contributed by atoms with Gasteiger partial charge in [-0.15, -0.1) is 0 Å². The van der Waals surface area contributed by atoms with Crippen LogP contribution in [0.25, 0.3) is 0 Å². The van der Waals surface area contributed by atoms with E-state index in [4.69, 9.17) is 9.47 Å². The van der Waals surface area contributed by atoms with E-state index < -0.39 is 0 Å². The fourth-order valence-corrected chi connectivity index (χ4v) is 3.55. The fourth-order valence-electron chi connectivity index (χ4n) is 3.55. The Balaban J connectivity index is 1.82. The number of fused-ring (bicyclic) bond motifs is 1. The smallest absolute Gasteiger partial charge is 0.0968 e. The average molecular weight is 290 g/mol. The first-order valence-electron chi connectivity index (χ1n) is 8.26. The summed E-state index contributed by atoms with van der Waals surface area (Å²) in [7, 11) is 0. The molecule has 0 aromatic carbocycles. The van der Waals surface area contributed by atoms with Gasteiger partial charge in [-0.2, -0.15) is 0 Å². The van der Waals surface area contributed by atoms with Crippen molar-refractivity contribution in [3.63, 3.8) is 0 Å². The monoisotopic (exact) mass is 290 g/mol. The van der Waals surface area contributed by atoms with Crippen LogP contribution in [0.4, 0.5) is 0 Å². The number of nitrogens with zero attached hydrogens (tertiary/aromatic N) is 1. The highest BCUT2D eigenvalue weighted by molar-refractivity contribution is 5.27. The van der Waals surface area contributed by atoms with Crippen LogP contribution in [-0.4, -0.2) is 43.5 Å². The van der Waals surface area contributed by atoms with Crippen molar-refractivity contribution in [2.45, 2.75) is 50.7 Å². The van der Waals surface area contributed by atoms with Crippen molar-refractivity contribution in [2.75, 3.05) is 26.4 Å². The predicted octanol–water partition coefficient (Wildman–Crippen LogP) is 2.29. The molecule has 116 valence electrons. The van der Waals surface area contributed by atoms with Crippen LogP contribution in [-0.2, 0) is 15.9 Å². The Morgan fingerprint density at radius 1 is 1.43 bits per heavy atom. The third-order valence-electron chi connectivity index (χ3n) is 4.54. The molecule has 1 aromatic rings. The summed E-state index contributed by atoms with van der Waals surface area (Å²) in [4.78, 5) is 4.69. The maximum absolute atomic E-state index is 5.99. The maximum Gasteiger partial charge on any atom is 0.0968 e. The van der Waals surface area contributed by atoms with Crippen LogP contribution in [0.3, 0.4) is 0 Å². The maximum atomic E-state index is 5.99. The summed E-state index contributed by atoms with van der Waals surface area (Å²) in [5.74, 6) is 0.438. The lowest BCUT2D eigenvalue weighted by Crippen LogP contribution is -2.51. The molecule has 1 saturated heterocycles. The Labute approximate surface area is 127 Å². The largest absolute Gasteiger partial charge is 0.376 e. The van der Waals surface area contributed by atoms with E-state index in [1.54, 1.807) is 0 Å². The number of hydrogen-bond acceptors (Lipinski definition) is 4. The zero-order valence-electron chi connectivity index (χ0n) is 12.9. The Bertz CT molecular complexity index is 446. The van der Waals surface area contributed by atoms with Gasteiger partial charge in [0.1, 0.15) is 0 Å². The molecule has 0 saturated carbocycles. The molecule has 3 rings (SSSR count). The number of rotatable bonds is 5. The predicted molar refractivity (Wildman–Crippen MR) is 82.6 cm³/mol. The van der Waals surface area contributed by atoms with Gasteiger partial charge in [0, 0.05) is 23.9 Å². The summed E-state index contributed by atoms with van der Waals surface area (Å²) < 4.78 is 11.6. The fraction of sp³-hybridized carbons (Fsp3) is 0.706. The van der Waals surface area contributed by atoms with Crippen molar-refractivity contribution >= 4 is 0 Å². The molecule has 1 aliphatic heterocycles. The highest BCUT2D eigenvalue weighted by Crippen LogP contribution is 2.34. The third-order valence-corrected chi connectivity index (χ3v) is 4.54. The van der Waals surface area contributed by atoms with Gasteiger partial charge in [0.25, 0.3) is 0 Å². The summed E-state index contributed by atoms with van der Waals surface area (Å²) in [6.07, 6.45) is 6.77. The summed E-state index contributed by atoms with van der Waals surface area (Å²) in [6, 6.07) is 4.58. The molecular weight excluding hydrogens is 264 g/mol. The van der Waals surface area contributed by atoms with E-state index in [1.807, 2.05) is 6.20 Å². The molecular formula is C17H26N2O2. The van der Waals surface area contributed by atoms with Crippen LogP contribution in [0.15, 0.2) is 18.3 Å². The summed E-state index contributed by atoms with van der Waals surface area (Å²) in [5, 5.41) is 3.70. The van der Waals surface area contributed by atoms with Gasteiger partial charge in [0.2, 0.25) is 0 Å². The van der Waals surface area contributed by atoms with Gasteiger partial charge < -0.3 is 14.8 Å². The Morgan fingerprint density at radius 3 is 3.19 bits per heavy atom. The van der Waals surface area contributed by atoms with Gasteiger partial charge in [-0.05, 0) is 43.9 Å². The van der Waals surface area contributed by atoms with Crippen LogP contribution >= 0.6 is 0 Å². The van der Waals surface area contributed by atoms with E-state index in [9.17, 15) is 0 Å². The Morgan fingerprint density at radius 2 is 2.38 bits per heavy atom. The van der Waals surface area contributed by atoms with Crippen LogP contribution in [0, 0.1) is 0 Å². The second-order valence-corrected chi connectivity index (χ2v) is 6.01. The van der Waals surface area contributed by atoms with Crippen molar-refractivity contribution in [3.8, 4) is 0 Å². The normalized spacial score (nSPS) is 27.1. The molecule has 0 spiro atoms. The average Bonchev–Trinajstić information content (AvgIpc) is 2.56. The van der Waals surface area contributed by atoms with Gasteiger partial charge in [0.05, 0.1) is 25.9 Å². The van der Waals surface area contributed by atoms with Crippen molar-refractivity contribution in [3.05, 3.63) is 29.6 Å². The van der Waals surface area contributed by atoms with E-state index in [0.29, 0.717) is 25.2 Å². The highest BCUT2D eigenvalue weighted by Gasteiger charge is 2.35. The number of nitrogens with one attached hydrogen (secondary N) is 1. The molecule has 0 amide bonds. The second-order valence-electron chi connectivity index (χ2n) is 6.01. The number of aromatic nitrogens is 1. The molecule has 1 aromatic heterocycles. The lowest BCUT2D eigenvalue weighted by atomic mass is 9.80. The van der Waals surface area contributed by atoms with E-state index in [0.717, 1.165) is 26.0 Å². The second kappa shape index (κ2) is 7.34. The van der Waals surface area contributed by atoms with Gasteiger partial charge in [-0.3, -0.25) is 4.98 Å². The molecule has 21 heavy (non-hydrogen) atoms. The Kier molecular flexibility index (Phi) is 5.22. The first kappa shape index (κ1) is 14.9. The van der Waals surface area contributed by atoms with E-state index >= 15 is 0 Å². The topological polar surface area (TPSA) is 43.4 Å². The van der Waals surface area contributed by atoms with Gasteiger partial charge in [0.15, 0.2) is 0 Å². The highest BCUT2D eigenvalue weighted by atomic mass is 16.6. The molecule has 0 bridgehead atoms. The van der Waals surface area contributed by atoms with E-state index in [2.05, 4.69) is 29.4 Å². The molecule has 1 N–H and O–H groups in total. The zero-order valence-corrected chi connectivity index (χ0v) is 12.9. The van der Waals surface area contributed by atoms with E-state index in [1.165, 1.54) is 24.1 Å². The molecule has 3 atom stereocenters. The molecule has 1 fully saturated rings. The third kappa shape index (κ3) is 3.44. The molecule has 4 nitrogen and oxygen atoms in total. The standard InChI is InChI=1S/C17H26N2O2/c1-2-8-18-17(15-12-20-10-11-21-15)14-7-3-5-13-6-4-9-19-16(13)14/h4,6,9,14-15,17-18H,2-3,5,7-8,10-12H2,1H3. The van der Waals surface area contributed by atoms with Crippen molar-refractivity contribution in [2.24, 2.45) is 0 Å². The van der Waals surface area contributed by atoms with Crippen molar-refractivity contribution in [1.82, 2.24) is 10.3 Å². The number of pyridine rings is 1. The number of ether oxygens (including phenoxy) is 2. The number of hydrogen-bond donors (Lipinski definition) is 1. The quantitative estimate of drug-likeness (QED) is 0.903. The summed E-state index contributed by atoms with van der Waals surface area (Å²) >= 11 is 0. The minimum Gasteiger partial charge on any atom is -0.376 e. The van der Waals surface area contributed by atoms with Crippen LogP contribution in [0.2, 0.25) is 0 Å². The first-order valence-corrected chi connectivity index (χ1v) is 8.26. The molecule has 0 radical (unpaired) electrons. The van der Waals surface area contributed by atoms with Gasteiger partial charge >= 0.3 is 0 Å². The molecule has 4 heteroatoms. The van der Waals surface area contributed by atoms with Crippen LogP contribution in [0.1, 0.15) is 43.4 Å². The molecule has 2 heterocycles. The molecule has 1 aliphatic carbocycles. The summed E-state index contributed by atoms with van der Waals surface area (Å²) in [5.41, 5.74) is 2.68. The Hall–Kier alpha value is -0.970. The van der Waals surface area contributed by atoms with Crippen LogP contribution < -0.4 is 5.32 Å². The molecule has 2 aliphatic rings. The van der Waals surface area contributed by atoms with Crippen molar-refractivity contribution < 1.29 is 9.47 Å². The van der Waals surface area contributed by atoms with Crippen LogP contribution in [0.5, 0.6) is 0 Å². The lowest BCUT2D eigenvalue weighted by molar-refractivity contribution is -0.105. The van der Waals surface area contributed by atoms with Gasteiger partial charge in [-0.25, -0.2) is 0 Å². The van der Waals surface area contributed by atoms with Gasteiger partial charge in [-0.1, -0.05) is 13.0 Å². The van der Waals surface area contributed by atoms with Crippen molar-refractivity contribution in [1.29, 1.82) is 0 Å². The lowest BCUT2D eigenvalue weighted by Gasteiger charge is -2.38. The van der Waals surface area contributed by atoms with E-state index in [-0.39, 0.29) is 6.10 Å². The molecule has 3 unspecified atom stereocenters. The first-order chi connectivity index (χ1) is 10.4. The summed E-state index contributed by atoms with van der Waals surface area (Å²) in [6.45, 7) is 5.34. The number of aryl methyl sites for hydroxylation is 1.